The predicted molar refractivity (Wildman–Crippen MR) is 132 cm³/mol. The number of rotatable bonds is 9. The van der Waals surface area contributed by atoms with Crippen molar-refractivity contribution in [3.05, 3.63) is 116 Å². The Labute approximate surface area is 201 Å². The van der Waals surface area contributed by atoms with Crippen LogP contribution in [0.5, 0.6) is 0 Å². The largest absolute Gasteiger partial charge is 0.385 e. The van der Waals surface area contributed by atoms with Crippen LogP contribution in [0.2, 0.25) is 0 Å². The van der Waals surface area contributed by atoms with Gasteiger partial charge in [-0.2, -0.15) is 0 Å². The van der Waals surface area contributed by atoms with Gasteiger partial charge in [-0.15, -0.1) is 0 Å². The summed E-state index contributed by atoms with van der Waals surface area (Å²) in [6, 6.07) is 19.8. The maximum Gasteiger partial charge on any atom is 0.332 e. The van der Waals surface area contributed by atoms with Gasteiger partial charge in [-0.1, -0.05) is 42.5 Å². The van der Waals surface area contributed by atoms with Gasteiger partial charge in [0.2, 0.25) is 0 Å². The highest BCUT2D eigenvalue weighted by Gasteiger charge is 2.15. The molecule has 0 aliphatic rings. The summed E-state index contributed by atoms with van der Waals surface area (Å²) in [6.07, 6.45) is 0.713. The van der Waals surface area contributed by atoms with Gasteiger partial charge < -0.3 is 10.1 Å². The van der Waals surface area contributed by atoms with E-state index in [1.54, 1.807) is 73.8 Å². The van der Waals surface area contributed by atoms with E-state index >= 15 is 0 Å². The molecule has 0 fully saturated rings. The van der Waals surface area contributed by atoms with Gasteiger partial charge in [0.1, 0.15) is 5.82 Å². The lowest BCUT2D eigenvalue weighted by molar-refractivity contribution is 0.0948. The lowest BCUT2D eigenvalue weighted by Crippen LogP contribution is -2.40. The van der Waals surface area contributed by atoms with Crippen molar-refractivity contribution < 1.29 is 13.9 Å². The van der Waals surface area contributed by atoms with Gasteiger partial charge in [-0.05, 0) is 42.3 Å². The van der Waals surface area contributed by atoms with Crippen molar-refractivity contribution >= 4 is 16.8 Å². The van der Waals surface area contributed by atoms with E-state index in [9.17, 15) is 18.8 Å². The van der Waals surface area contributed by atoms with Crippen molar-refractivity contribution in [3.8, 4) is 0 Å². The van der Waals surface area contributed by atoms with Crippen molar-refractivity contribution in [2.24, 2.45) is 0 Å². The molecule has 0 saturated heterocycles. The number of aromatic nitrogens is 2. The van der Waals surface area contributed by atoms with E-state index in [1.165, 1.54) is 10.6 Å². The third-order valence-electron chi connectivity index (χ3n) is 5.79. The summed E-state index contributed by atoms with van der Waals surface area (Å²) in [5, 5.41) is 3.19. The van der Waals surface area contributed by atoms with E-state index in [-0.39, 0.29) is 19.0 Å². The maximum atomic E-state index is 14.3. The summed E-state index contributed by atoms with van der Waals surface area (Å²) >= 11 is 0. The van der Waals surface area contributed by atoms with Crippen molar-refractivity contribution in [3.63, 3.8) is 0 Å². The number of ether oxygens (including phenoxy) is 1. The fraction of sp³-hybridized carbons (Fsp3) is 0.222. The summed E-state index contributed by atoms with van der Waals surface area (Å²) in [6.45, 7) is 1.08. The first-order valence-corrected chi connectivity index (χ1v) is 11.3. The highest BCUT2D eigenvalue weighted by molar-refractivity contribution is 5.94. The van der Waals surface area contributed by atoms with Crippen molar-refractivity contribution in [1.82, 2.24) is 14.5 Å². The molecule has 4 rings (SSSR count). The number of para-hydroxylation sites is 1. The zero-order valence-electron chi connectivity index (χ0n) is 19.4. The molecule has 1 heterocycles. The van der Waals surface area contributed by atoms with Crippen LogP contribution in [-0.4, -0.2) is 35.3 Å². The van der Waals surface area contributed by atoms with Gasteiger partial charge in [0.15, 0.2) is 0 Å². The first-order chi connectivity index (χ1) is 17.0. The lowest BCUT2D eigenvalue weighted by Gasteiger charge is -2.15. The van der Waals surface area contributed by atoms with Crippen LogP contribution < -0.4 is 16.6 Å². The number of nitrogens with one attached hydrogen (secondary N) is 1. The first-order valence-electron chi connectivity index (χ1n) is 11.3. The number of benzene rings is 3. The smallest absolute Gasteiger partial charge is 0.332 e. The van der Waals surface area contributed by atoms with E-state index < -0.39 is 17.1 Å². The summed E-state index contributed by atoms with van der Waals surface area (Å²) < 4.78 is 21.9. The summed E-state index contributed by atoms with van der Waals surface area (Å²) in [7, 11) is 1.61. The molecule has 0 atom stereocenters. The SMILES string of the molecule is COCCCNC(=O)c1ccc(Cn2c(=O)c3ccccc3n(Cc3ccccc3F)c2=O)cc1. The average molecular weight is 476 g/mol. The number of hydrogen-bond donors (Lipinski definition) is 1. The van der Waals surface area contributed by atoms with Crippen molar-refractivity contribution in [1.29, 1.82) is 0 Å². The van der Waals surface area contributed by atoms with Crippen LogP contribution in [0.25, 0.3) is 10.9 Å². The minimum absolute atomic E-state index is 0.00548. The molecule has 0 radical (unpaired) electrons. The lowest BCUT2D eigenvalue weighted by atomic mass is 10.1. The number of methoxy groups -OCH3 is 1. The molecule has 0 aliphatic carbocycles. The first kappa shape index (κ1) is 24.1. The zero-order valence-corrected chi connectivity index (χ0v) is 19.4. The molecule has 8 heteroatoms. The third-order valence-corrected chi connectivity index (χ3v) is 5.79. The number of carbonyl (C=O) groups is 1. The molecular weight excluding hydrogens is 449 g/mol. The van der Waals surface area contributed by atoms with Gasteiger partial charge in [-0.3, -0.25) is 18.7 Å². The molecule has 3 aromatic carbocycles. The molecule has 7 nitrogen and oxygen atoms in total. The highest BCUT2D eigenvalue weighted by atomic mass is 19.1. The van der Waals surface area contributed by atoms with Crippen molar-refractivity contribution in [2.45, 2.75) is 19.5 Å². The van der Waals surface area contributed by atoms with Gasteiger partial charge in [0, 0.05) is 31.4 Å². The second-order valence-electron chi connectivity index (χ2n) is 8.17. The van der Waals surface area contributed by atoms with Crippen molar-refractivity contribution in [2.75, 3.05) is 20.3 Å². The summed E-state index contributed by atoms with van der Waals surface area (Å²) in [4.78, 5) is 38.9. The number of amides is 1. The zero-order chi connectivity index (χ0) is 24.8. The standard InChI is InChI=1S/C27H26FN3O4/c1-35-16-6-15-29-25(32)20-13-11-19(12-14-20)17-31-26(33)22-8-3-5-10-24(22)30(27(31)34)18-21-7-2-4-9-23(21)28/h2-5,7-14H,6,15-18H2,1H3,(H,29,32). The fourth-order valence-electron chi connectivity index (χ4n) is 3.92. The maximum absolute atomic E-state index is 14.3. The molecule has 0 unspecified atom stereocenters. The molecule has 0 spiro atoms. The number of hydrogen-bond acceptors (Lipinski definition) is 4. The van der Waals surface area contributed by atoms with E-state index in [2.05, 4.69) is 5.32 Å². The second kappa shape index (κ2) is 10.9. The number of fused-ring (bicyclic) bond motifs is 1. The molecule has 0 bridgehead atoms. The Morgan fingerprint density at radius 1 is 0.914 bits per heavy atom. The molecule has 180 valence electrons. The average Bonchev–Trinajstić information content (AvgIpc) is 2.88. The van der Waals surface area contributed by atoms with Crippen LogP contribution >= 0.6 is 0 Å². The molecule has 0 aliphatic heterocycles. The Bertz CT molecular complexity index is 1460. The van der Waals surface area contributed by atoms with E-state index in [0.717, 1.165) is 4.57 Å². The van der Waals surface area contributed by atoms with Gasteiger partial charge in [-0.25, -0.2) is 9.18 Å². The summed E-state index contributed by atoms with van der Waals surface area (Å²) in [5.41, 5.74) is 1.02. The monoisotopic (exact) mass is 475 g/mol. The van der Waals surface area contributed by atoms with Crippen LogP contribution in [0, 0.1) is 5.82 Å². The number of nitrogens with zero attached hydrogens (tertiary/aromatic N) is 2. The molecule has 4 aromatic rings. The van der Waals surface area contributed by atoms with Gasteiger partial charge in [0.25, 0.3) is 11.5 Å². The minimum atomic E-state index is -0.531. The Hall–Kier alpha value is -4.04. The minimum Gasteiger partial charge on any atom is -0.385 e. The molecule has 35 heavy (non-hydrogen) atoms. The van der Waals surface area contributed by atoms with Crippen LogP contribution in [-0.2, 0) is 17.8 Å². The second-order valence-corrected chi connectivity index (χ2v) is 8.17. The Balaban J connectivity index is 1.65. The molecule has 0 saturated carbocycles. The topological polar surface area (TPSA) is 82.3 Å². The quantitative estimate of drug-likeness (QED) is 0.377. The Morgan fingerprint density at radius 2 is 1.63 bits per heavy atom. The fourth-order valence-corrected chi connectivity index (χ4v) is 3.92. The van der Waals surface area contributed by atoms with Crippen LogP contribution in [0.3, 0.4) is 0 Å². The third kappa shape index (κ3) is 5.38. The number of carbonyl (C=O) groups excluding carboxylic acids is 1. The molecule has 1 aromatic heterocycles. The predicted octanol–water partition coefficient (Wildman–Crippen LogP) is 3.17. The molecular formula is C27H26FN3O4. The van der Waals surface area contributed by atoms with Gasteiger partial charge in [0.05, 0.1) is 24.0 Å². The van der Waals surface area contributed by atoms with E-state index in [0.29, 0.717) is 47.2 Å². The molecule has 1 N–H and O–H groups in total. The van der Waals surface area contributed by atoms with E-state index in [1.807, 2.05) is 0 Å². The molecule has 1 amide bonds. The highest BCUT2D eigenvalue weighted by Crippen LogP contribution is 2.13. The normalized spacial score (nSPS) is 11.0. The Kier molecular flexibility index (Phi) is 7.52. The van der Waals surface area contributed by atoms with Gasteiger partial charge >= 0.3 is 5.69 Å². The number of halogens is 1. The van der Waals surface area contributed by atoms with E-state index in [4.69, 9.17) is 4.74 Å². The summed E-state index contributed by atoms with van der Waals surface area (Å²) in [5.74, 6) is -0.625. The Morgan fingerprint density at radius 3 is 2.37 bits per heavy atom. The van der Waals surface area contributed by atoms with Crippen LogP contribution in [0.4, 0.5) is 4.39 Å². The van der Waals surface area contributed by atoms with Crippen LogP contribution in [0.15, 0.2) is 82.4 Å². The van der Waals surface area contributed by atoms with Crippen LogP contribution in [0.1, 0.15) is 27.9 Å².